The highest BCUT2D eigenvalue weighted by atomic mass is 16.5. The predicted molar refractivity (Wildman–Crippen MR) is 103 cm³/mol. The van der Waals surface area contributed by atoms with Gasteiger partial charge in [-0.25, -0.2) is 0 Å². The van der Waals surface area contributed by atoms with Crippen molar-refractivity contribution in [1.29, 1.82) is 0 Å². The van der Waals surface area contributed by atoms with Gasteiger partial charge >= 0.3 is 0 Å². The minimum absolute atomic E-state index is 0.0822. The van der Waals surface area contributed by atoms with E-state index in [0.29, 0.717) is 61.3 Å². The molecule has 2 rings (SSSR count). The minimum atomic E-state index is -0.0822. The highest BCUT2D eigenvalue weighted by Crippen LogP contribution is 2.30. The molecule has 0 aliphatic heterocycles. The fourth-order valence-corrected chi connectivity index (χ4v) is 2.38. The molecular formula is C20H26N2O4. The van der Waals surface area contributed by atoms with Gasteiger partial charge in [0.2, 0.25) is 5.91 Å². The molecule has 0 saturated heterocycles. The maximum Gasteiger partial charge on any atom is 0.224 e. The maximum atomic E-state index is 12.1. The van der Waals surface area contributed by atoms with Crippen molar-refractivity contribution in [3.8, 4) is 17.2 Å². The Morgan fingerprint density at radius 1 is 0.962 bits per heavy atom. The molecule has 1 amide bonds. The summed E-state index contributed by atoms with van der Waals surface area (Å²) >= 11 is 0. The Bertz CT molecular complexity index is 719. The predicted octanol–water partition coefficient (Wildman–Crippen LogP) is 3.86. The van der Waals surface area contributed by atoms with E-state index >= 15 is 0 Å². The Hall–Kier alpha value is -2.89. The molecule has 0 aromatic heterocycles. The van der Waals surface area contributed by atoms with Gasteiger partial charge in [-0.1, -0.05) is 12.1 Å². The van der Waals surface area contributed by atoms with Crippen molar-refractivity contribution in [3.63, 3.8) is 0 Å². The van der Waals surface area contributed by atoms with Crippen LogP contribution in [-0.4, -0.2) is 25.7 Å². The molecule has 0 aliphatic carbocycles. The summed E-state index contributed by atoms with van der Waals surface area (Å²) in [5, 5.41) is 2.87. The molecule has 3 N–H and O–H groups in total. The van der Waals surface area contributed by atoms with Gasteiger partial charge in [-0.05, 0) is 44.5 Å². The van der Waals surface area contributed by atoms with Crippen LogP contribution in [0.1, 0.15) is 26.7 Å². The van der Waals surface area contributed by atoms with Crippen LogP contribution in [-0.2, 0) is 4.79 Å². The lowest BCUT2D eigenvalue weighted by atomic mass is 10.2. The third kappa shape index (κ3) is 5.88. The SMILES string of the molecule is CCOc1ccc(NC(=O)CCCOc2ccccc2N)cc1OCC. The first-order chi connectivity index (χ1) is 12.6. The van der Waals surface area contributed by atoms with Crippen molar-refractivity contribution >= 4 is 17.3 Å². The van der Waals surface area contributed by atoms with Crippen LogP contribution in [0.5, 0.6) is 17.2 Å². The molecule has 0 fully saturated rings. The van der Waals surface area contributed by atoms with E-state index in [1.807, 2.05) is 32.0 Å². The molecule has 2 aromatic rings. The van der Waals surface area contributed by atoms with Gasteiger partial charge in [0.15, 0.2) is 11.5 Å². The van der Waals surface area contributed by atoms with Gasteiger partial charge in [-0.15, -0.1) is 0 Å². The average Bonchev–Trinajstić information content (AvgIpc) is 2.63. The zero-order valence-electron chi connectivity index (χ0n) is 15.3. The lowest BCUT2D eigenvalue weighted by Gasteiger charge is -2.13. The minimum Gasteiger partial charge on any atom is -0.491 e. The molecule has 0 heterocycles. The summed E-state index contributed by atoms with van der Waals surface area (Å²) < 4.78 is 16.7. The number of carbonyl (C=O) groups excluding carboxylic acids is 1. The topological polar surface area (TPSA) is 82.8 Å². The molecule has 0 radical (unpaired) electrons. The number of carbonyl (C=O) groups is 1. The molecule has 6 heteroatoms. The van der Waals surface area contributed by atoms with Gasteiger partial charge in [-0.3, -0.25) is 4.79 Å². The normalized spacial score (nSPS) is 10.2. The van der Waals surface area contributed by atoms with E-state index in [1.54, 1.807) is 24.3 Å². The lowest BCUT2D eigenvalue weighted by Crippen LogP contribution is -2.13. The molecule has 6 nitrogen and oxygen atoms in total. The number of benzene rings is 2. The first kappa shape index (κ1) is 19.4. The third-order valence-electron chi connectivity index (χ3n) is 3.55. The van der Waals surface area contributed by atoms with Gasteiger partial charge in [0.1, 0.15) is 5.75 Å². The van der Waals surface area contributed by atoms with E-state index in [1.165, 1.54) is 0 Å². The van der Waals surface area contributed by atoms with Crippen molar-refractivity contribution in [2.45, 2.75) is 26.7 Å². The smallest absolute Gasteiger partial charge is 0.224 e. The number of para-hydroxylation sites is 2. The van der Waals surface area contributed by atoms with E-state index in [9.17, 15) is 4.79 Å². The summed E-state index contributed by atoms with van der Waals surface area (Å²) in [7, 11) is 0. The monoisotopic (exact) mass is 358 g/mol. The second-order valence-electron chi connectivity index (χ2n) is 5.57. The first-order valence-corrected chi connectivity index (χ1v) is 8.80. The number of amides is 1. The fraction of sp³-hybridized carbons (Fsp3) is 0.350. The number of ether oxygens (including phenoxy) is 3. The Morgan fingerprint density at radius 2 is 1.69 bits per heavy atom. The van der Waals surface area contributed by atoms with E-state index in [2.05, 4.69) is 5.32 Å². The van der Waals surface area contributed by atoms with Crippen LogP contribution in [0.25, 0.3) is 0 Å². The number of nitrogens with one attached hydrogen (secondary N) is 1. The Balaban J connectivity index is 1.81. The number of hydrogen-bond acceptors (Lipinski definition) is 5. The van der Waals surface area contributed by atoms with E-state index < -0.39 is 0 Å². The van der Waals surface area contributed by atoms with Gasteiger partial charge in [0, 0.05) is 18.2 Å². The van der Waals surface area contributed by atoms with Gasteiger partial charge in [0.05, 0.1) is 25.5 Å². The molecule has 0 bridgehead atoms. The largest absolute Gasteiger partial charge is 0.491 e. The van der Waals surface area contributed by atoms with E-state index in [0.717, 1.165) is 0 Å². The van der Waals surface area contributed by atoms with Crippen LogP contribution in [0, 0.1) is 0 Å². The molecular weight excluding hydrogens is 332 g/mol. The number of anilines is 2. The zero-order valence-corrected chi connectivity index (χ0v) is 15.3. The summed E-state index contributed by atoms with van der Waals surface area (Å²) in [6.45, 7) is 5.32. The van der Waals surface area contributed by atoms with Crippen LogP contribution in [0.3, 0.4) is 0 Å². The highest BCUT2D eigenvalue weighted by Gasteiger charge is 2.09. The second-order valence-corrected chi connectivity index (χ2v) is 5.57. The summed E-state index contributed by atoms with van der Waals surface area (Å²) in [5.41, 5.74) is 7.08. The molecule has 2 aromatic carbocycles. The Labute approximate surface area is 154 Å². The van der Waals surface area contributed by atoms with Gasteiger partial charge < -0.3 is 25.3 Å². The van der Waals surface area contributed by atoms with Crippen molar-refractivity contribution in [2.75, 3.05) is 30.9 Å². The van der Waals surface area contributed by atoms with Crippen molar-refractivity contribution in [3.05, 3.63) is 42.5 Å². The van der Waals surface area contributed by atoms with Crippen LogP contribution in [0.2, 0.25) is 0 Å². The zero-order chi connectivity index (χ0) is 18.8. The number of nitrogen functional groups attached to an aromatic ring is 1. The lowest BCUT2D eigenvalue weighted by molar-refractivity contribution is -0.116. The second kappa shape index (κ2) is 10.2. The molecule has 0 aliphatic rings. The number of rotatable bonds is 10. The summed E-state index contributed by atoms with van der Waals surface area (Å²) in [4.78, 5) is 12.1. The van der Waals surface area contributed by atoms with Crippen molar-refractivity contribution < 1.29 is 19.0 Å². The molecule has 26 heavy (non-hydrogen) atoms. The third-order valence-corrected chi connectivity index (χ3v) is 3.55. The Kier molecular flexibility index (Phi) is 7.61. The van der Waals surface area contributed by atoms with Crippen molar-refractivity contribution in [1.82, 2.24) is 0 Å². The maximum absolute atomic E-state index is 12.1. The highest BCUT2D eigenvalue weighted by molar-refractivity contribution is 5.91. The number of nitrogens with two attached hydrogens (primary N) is 1. The van der Waals surface area contributed by atoms with Gasteiger partial charge in [-0.2, -0.15) is 0 Å². The van der Waals surface area contributed by atoms with E-state index in [4.69, 9.17) is 19.9 Å². The van der Waals surface area contributed by atoms with Crippen LogP contribution in [0.15, 0.2) is 42.5 Å². The van der Waals surface area contributed by atoms with Crippen LogP contribution in [0.4, 0.5) is 11.4 Å². The summed E-state index contributed by atoms with van der Waals surface area (Å²) in [6.07, 6.45) is 0.944. The summed E-state index contributed by atoms with van der Waals surface area (Å²) in [5.74, 6) is 1.85. The van der Waals surface area contributed by atoms with Gasteiger partial charge in [0.25, 0.3) is 0 Å². The molecule has 0 atom stereocenters. The quantitative estimate of drug-likeness (QED) is 0.498. The number of hydrogen-bond donors (Lipinski definition) is 2. The van der Waals surface area contributed by atoms with Crippen molar-refractivity contribution in [2.24, 2.45) is 0 Å². The van der Waals surface area contributed by atoms with E-state index in [-0.39, 0.29) is 5.91 Å². The van der Waals surface area contributed by atoms with Crippen LogP contribution >= 0.6 is 0 Å². The Morgan fingerprint density at radius 3 is 2.42 bits per heavy atom. The summed E-state index contributed by atoms with van der Waals surface area (Å²) in [6, 6.07) is 12.7. The first-order valence-electron chi connectivity index (χ1n) is 8.80. The molecule has 140 valence electrons. The molecule has 0 spiro atoms. The van der Waals surface area contributed by atoms with Crippen LogP contribution < -0.4 is 25.3 Å². The fourth-order valence-electron chi connectivity index (χ4n) is 2.38. The molecule has 0 saturated carbocycles. The standard InChI is InChI=1S/C20H26N2O4/c1-3-24-18-12-11-15(14-19(18)25-4-2)22-20(23)10-7-13-26-17-9-6-5-8-16(17)21/h5-6,8-9,11-12,14H,3-4,7,10,13,21H2,1-2H3,(H,22,23). The average molecular weight is 358 g/mol. The molecule has 0 unspecified atom stereocenters.